The first-order chi connectivity index (χ1) is 27.8. The number of rotatable bonds is 10. The quantitative estimate of drug-likeness (QED) is 0.0803. The molecule has 0 aliphatic carbocycles. The fourth-order valence-electron chi connectivity index (χ4n) is 5.84. The van der Waals surface area contributed by atoms with Crippen molar-refractivity contribution in [2.75, 3.05) is 12.5 Å². The van der Waals surface area contributed by atoms with E-state index in [0.717, 1.165) is 34.4 Å². The van der Waals surface area contributed by atoms with E-state index >= 15 is 0 Å². The number of ketones is 1. The molecule has 0 aliphatic heterocycles. The van der Waals surface area contributed by atoms with E-state index in [1.807, 2.05) is 62.8 Å². The smallest absolute Gasteiger partial charge is 0.269 e. The van der Waals surface area contributed by atoms with Crippen molar-refractivity contribution < 1.29 is 21.6 Å². The number of thioether (sulfide) groups is 2. The number of nitrogens with zero attached hydrogens (tertiary/aromatic N) is 6. The first-order valence-corrected chi connectivity index (χ1v) is 22.9. The molecule has 0 unspecified atom stereocenters. The van der Waals surface area contributed by atoms with Gasteiger partial charge in [-0.1, -0.05) is 47.5 Å². The zero-order chi connectivity index (χ0) is 41.2. The summed E-state index contributed by atoms with van der Waals surface area (Å²) in [7, 11) is -7.58. The van der Waals surface area contributed by atoms with Crippen LogP contribution in [0.5, 0.6) is 0 Å². The van der Waals surface area contributed by atoms with Crippen molar-refractivity contribution in [2.45, 2.75) is 33.4 Å². The second kappa shape index (κ2) is 16.5. The molecular weight excluding hydrogens is 811 g/mol. The maximum atomic E-state index is 13.0. The molecule has 16 heteroatoms. The molecule has 0 radical (unpaired) electrons. The van der Waals surface area contributed by atoms with Gasteiger partial charge in [0.1, 0.15) is 22.4 Å². The Hall–Kier alpha value is -5.94. The van der Waals surface area contributed by atoms with Gasteiger partial charge in [0, 0.05) is 33.3 Å². The number of aryl methyl sites for hydroxylation is 2. The Morgan fingerprint density at radius 2 is 0.948 bits per heavy atom. The van der Waals surface area contributed by atoms with Crippen LogP contribution in [0.4, 0.5) is 0 Å². The summed E-state index contributed by atoms with van der Waals surface area (Å²) in [6.45, 7) is 3.79. The van der Waals surface area contributed by atoms with E-state index in [4.69, 9.17) is 5.41 Å². The number of nitrogens with one attached hydrogen (secondary N) is 1. The van der Waals surface area contributed by atoms with Gasteiger partial charge in [-0.05, 0) is 99.2 Å². The van der Waals surface area contributed by atoms with Crippen LogP contribution >= 0.6 is 23.5 Å². The third-order valence-corrected chi connectivity index (χ3v) is 13.9. The van der Waals surface area contributed by atoms with Crippen LogP contribution in [0, 0.1) is 19.3 Å². The second-order valence-corrected chi connectivity index (χ2v) is 18.3. The fourth-order valence-corrected chi connectivity index (χ4v) is 9.25. The van der Waals surface area contributed by atoms with E-state index in [1.54, 1.807) is 96.3 Å². The lowest BCUT2D eigenvalue weighted by Gasteiger charge is -2.08. The van der Waals surface area contributed by atoms with Crippen LogP contribution in [0.15, 0.2) is 154 Å². The molecular formula is C42H35N7O5S4. The molecule has 8 aromatic rings. The van der Waals surface area contributed by atoms with Crippen molar-refractivity contribution in [1.29, 1.82) is 5.41 Å². The standard InChI is InChI=1S/C21H18N4O2S2.C21H17N3O3S2/c1-14-3-9-17(10-4-14)29(26,27)25-12-11-18-21(25)23-13-19(24-18)20(22)15-5-7-16(28-2)8-6-15;1-14-3-9-17(10-4-14)29(26,27)24-12-11-18-21(24)22-13-19(23-18)20(25)15-5-7-16(28-2)8-6-15/h3-13,22H,1-2H3;3-13H,1-2H3. The highest BCUT2D eigenvalue weighted by Gasteiger charge is 2.23. The van der Waals surface area contributed by atoms with Gasteiger partial charge in [0.25, 0.3) is 20.0 Å². The van der Waals surface area contributed by atoms with Crippen LogP contribution in [0.3, 0.4) is 0 Å². The first kappa shape index (κ1) is 40.3. The van der Waals surface area contributed by atoms with Gasteiger partial charge in [0.2, 0.25) is 5.78 Å². The molecule has 1 N–H and O–H groups in total. The third kappa shape index (κ3) is 8.09. The van der Waals surface area contributed by atoms with Crippen LogP contribution in [0.25, 0.3) is 22.3 Å². The van der Waals surface area contributed by atoms with Crippen molar-refractivity contribution in [3.8, 4) is 0 Å². The van der Waals surface area contributed by atoms with Crippen LogP contribution in [-0.4, -0.2) is 68.7 Å². The van der Waals surface area contributed by atoms with E-state index in [-0.39, 0.29) is 38.3 Å². The summed E-state index contributed by atoms with van der Waals surface area (Å²) >= 11 is 3.22. The predicted molar refractivity (Wildman–Crippen MR) is 228 cm³/mol. The largest absolute Gasteiger partial charge is 0.298 e. The van der Waals surface area contributed by atoms with E-state index in [1.165, 1.54) is 24.8 Å². The highest BCUT2D eigenvalue weighted by Crippen LogP contribution is 2.24. The maximum absolute atomic E-state index is 13.0. The van der Waals surface area contributed by atoms with E-state index < -0.39 is 20.0 Å². The molecule has 0 spiro atoms. The first-order valence-electron chi connectivity index (χ1n) is 17.5. The average Bonchev–Trinajstić information content (AvgIpc) is 3.89. The maximum Gasteiger partial charge on any atom is 0.269 e. The zero-order valence-electron chi connectivity index (χ0n) is 31.6. The Morgan fingerprint density at radius 3 is 1.38 bits per heavy atom. The van der Waals surface area contributed by atoms with E-state index in [9.17, 15) is 21.6 Å². The molecule has 0 fully saturated rings. The fraction of sp³-hybridized carbons (Fsp3) is 0.0952. The van der Waals surface area contributed by atoms with Crippen LogP contribution in [0.1, 0.15) is 38.4 Å². The summed E-state index contributed by atoms with van der Waals surface area (Å²) < 4.78 is 54.0. The molecule has 4 aromatic carbocycles. The minimum Gasteiger partial charge on any atom is -0.298 e. The number of benzene rings is 4. The molecule has 292 valence electrons. The number of hydrogen-bond donors (Lipinski definition) is 1. The molecule has 0 bridgehead atoms. The topological polar surface area (TPSA) is 171 Å². The van der Waals surface area contributed by atoms with Gasteiger partial charge < -0.3 is 0 Å². The van der Waals surface area contributed by atoms with Crippen molar-refractivity contribution in [3.05, 3.63) is 168 Å². The summed E-state index contributed by atoms with van der Waals surface area (Å²) in [5.74, 6) is -0.263. The highest BCUT2D eigenvalue weighted by atomic mass is 32.2. The van der Waals surface area contributed by atoms with Gasteiger partial charge >= 0.3 is 0 Å². The van der Waals surface area contributed by atoms with Crippen molar-refractivity contribution in [3.63, 3.8) is 0 Å². The Morgan fingerprint density at radius 1 is 0.552 bits per heavy atom. The van der Waals surface area contributed by atoms with Gasteiger partial charge in [-0.15, -0.1) is 23.5 Å². The van der Waals surface area contributed by atoms with E-state index in [2.05, 4.69) is 19.9 Å². The normalized spacial score (nSPS) is 11.7. The number of aromatic nitrogens is 6. The monoisotopic (exact) mass is 845 g/mol. The summed E-state index contributed by atoms with van der Waals surface area (Å²) in [6, 6.07) is 31.3. The number of carbonyl (C=O) groups is 1. The van der Waals surface area contributed by atoms with Gasteiger partial charge in [-0.2, -0.15) is 0 Å². The Kier molecular flexibility index (Phi) is 11.5. The molecule has 4 aromatic heterocycles. The summed E-state index contributed by atoms with van der Waals surface area (Å²) in [5, 5.41) is 8.42. The lowest BCUT2D eigenvalue weighted by Crippen LogP contribution is -2.13. The lowest BCUT2D eigenvalue weighted by molar-refractivity contribution is 0.103. The van der Waals surface area contributed by atoms with Crippen LogP contribution < -0.4 is 0 Å². The molecule has 4 heterocycles. The summed E-state index contributed by atoms with van der Waals surface area (Å²) in [6.07, 6.45) is 9.56. The minimum absolute atomic E-state index is 0.163. The van der Waals surface area contributed by atoms with Crippen LogP contribution in [-0.2, 0) is 20.0 Å². The number of carbonyl (C=O) groups excluding carboxylic acids is 1. The van der Waals surface area contributed by atoms with Crippen molar-refractivity contribution >= 4 is 77.4 Å². The van der Waals surface area contributed by atoms with Crippen LogP contribution in [0.2, 0.25) is 0 Å². The zero-order valence-corrected chi connectivity index (χ0v) is 34.8. The van der Waals surface area contributed by atoms with E-state index in [0.29, 0.717) is 22.3 Å². The van der Waals surface area contributed by atoms with Gasteiger partial charge in [-0.3, -0.25) is 10.2 Å². The van der Waals surface area contributed by atoms with Crippen molar-refractivity contribution in [2.24, 2.45) is 0 Å². The highest BCUT2D eigenvalue weighted by molar-refractivity contribution is 7.98. The molecule has 0 atom stereocenters. The minimum atomic E-state index is -3.81. The molecule has 58 heavy (non-hydrogen) atoms. The molecule has 0 amide bonds. The lowest BCUT2D eigenvalue weighted by atomic mass is 10.1. The van der Waals surface area contributed by atoms with Crippen molar-refractivity contribution in [1.82, 2.24) is 27.9 Å². The average molecular weight is 846 g/mol. The molecule has 0 aliphatic rings. The Labute approximate surface area is 344 Å². The molecule has 8 rings (SSSR count). The number of fused-ring (bicyclic) bond motifs is 2. The third-order valence-electron chi connectivity index (χ3n) is 9.09. The Balaban J connectivity index is 0.000000177. The van der Waals surface area contributed by atoms with Gasteiger partial charge in [0.05, 0.1) is 27.9 Å². The molecule has 0 saturated heterocycles. The molecule has 0 saturated carbocycles. The SMILES string of the molecule is CSc1ccc(C(=N)c2cnc3c(ccn3S(=O)(=O)c3ccc(C)cc3)n2)cc1.CSc1ccc(C(=O)c2cnc3c(ccn3S(=O)(=O)c3ccc(C)cc3)n2)cc1. The van der Waals surface area contributed by atoms with Gasteiger partial charge in [-0.25, -0.2) is 44.7 Å². The molecule has 12 nitrogen and oxygen atoms in total. The number of hydrogen-bond acceptors (Lipinski definition) is 12. The predicted octanol–water partition coefficient (Wildman–Crippen LogP) is 8.04. The second-order valence-electron chi connectivity index (χ2n) is 12.9. The Bertz CT molecular complexity index is 2830. The summed E-state index contributed by atoms with van der Waals surface area (Å²) in [5.41, 5.74) is 5.15. The summed E-state index contributed by atoms with van der Waals surface area (Å²) in [4.78, 5) is 32.6. The van der Waals surface area contributed by atoms with Gasteiger partial charge in [0.15, 0.2) is 11.3 Å².